The van der Waals surface area contributed by atoms with Gasteiger partial charge in [-0.05, 0) is 77.1 Å². The van der Waals surface area contributed by atoms with Crippen LogP contribution in [0.25, 0.3) is 21.9 Å². The molecular weight excluding hydrogens is 722 g/mol. The van der Waals surface area contributed by atoms with Gasteiger partial charge in [-0.3, -0.25) is 14.4 Å². The number of imidazole rings is 1. The van der Waals surface area contributed by atoms with E-state index < -0.39 is 47.0 Å². The monoisotopic (exact) mass is 773 g/mol. The number of hydrogen-bond acceptors (Lipinski definition) is 11. The first-order chi connectivity index (χ1) is 26.7. The lowest BCUT2D eigenvalue weighted by Gasteiger charge is -2.38. The van der Waals surface area contributed by atoms with Crippen LogP contribution in [-0.4, -0.2) is 85.8 Å². The fraction of sp³-hybridized carbons (Fsp3) is 0.462. The fourth-order valence-electron chi connectivity index (χ4n) is 6.62. The number of carbonyl (C=O) groups excluding carboxylic acids is 5. The highest BCUT2D eigenvalue weighted by Crippen LogP contribution is 2.42. The molecule has 1 aliphatic carbocycles. The van der Waals surface area contributed by atoms with E-state index in [1.807, 2.05) is 35.8 Å². The van der Waals surface area contributed by atoms with Crippen molar-refractivity contribution in [3.8, 4) is 0 Å². The number of aliphatic hydroxyl groups is 1. The second-order valence-corrected chi connectivity index (χ2v) is 14.5. The summed E-state index contributed by atoms with van der Waals surface area (Å²) in [5, 5.41) is 19.6. The van der Waals surface area contributed by atoms with Crippen LogP contribution in [0.1, 0.15) is 71.2 Å². The maximum Gasteiger partial charge on any atom is 0.410 e. The minimum Gasteiger partial charge on any atom is -0.465 e. The van der Waals surface area contributed by atoms with Crippen LogP contribution in [-0.2, 0) is 43.6 Å². The summed E-state index contributed by atoms with van der Waals surface area (Å²) in [5.41, 5.74) is 12.0. The highest BCUT2D eigenvalue weighted by molar-refractivity contribution is 6.07. The van der Waals surface area contributed by atoms with Crippen LogP contribution in [0, 0.1) is 5.41 Å². The summed E-state index contributed by atoms with van der Waals surface area (Å²) in [4.78, 5) is 74.7. The summed E-state index contributed by atoms with van der Waals surface area (Å²) in [6, 6.07) is 12.5. The van der Waals surface area contributed by atoms with Crippen molar-refractivity contribution in [1.29, 1.82) is 0 Å². The molecule has 0 bridgehead atoms. The van der Waals surface area contributed by atoms with E-state index in [4.69, 9.17) is 25.9 Å². The van der Waals surface area contributed by atoms with E-state index in [9.17, 15) is 29.1 Å². The Labute approximate surface area is 324 Å². The smallest absolute Gasteiger partial charge is 0.410 e. The number of nitrogens with zero attached hydrogens (tertiary/aromatic N) is 4. The van der Waals surface area contributed by atoms with E-state index >= 15 is 0 Å². The van der Waals surface area contributed by atoms with E-state index in [1.54, 1.807) is 45.0 Å². The lowest BCUT2D eigenvalue weighted by molar-refractivity contribution is -0.167. The van der Waals surface area contributed by atoms with Crippen LogP contribution in [0.15, 0.2) is 48.5 Å². The molecule has 0 unspecified atom stereocenters. The maximum absolute atomic E-state index is 13.4. The number of nitrogens with one attached hydrogen (secondary N) is 3. The number of benzene rings is 2. The van der Waals surface area contributed by atoms with E-state index in [2.05, 4.69) is 20.9 Å². The lowest BCUT2D eigenvalue weighted by atomic mass is 9.68. The van der Waals surface area contributed by atoms with Crippen molar-refractivity contribution in [3.05, 3.63) is 59.9 Å². The van der Waals surface area contributed by atoms with E-state index in [0.29, 0.717) is 60.3 Å². The number of carbonyl (C=O) groups is 5. The summed E-state index contributed by atoms with van der Waals surface area (Å²) < 4.78 is 12.7. The molecule has 2 aromatic carbocycles. The van der Waals surface area contributed by atoms with Crippen LogP contribution in [0.3, 0.4) is 0 Å². The number of urea groups is 1. The summed E-state index contributed by atoms with van der Waals surface area (Å²) >= 11 is 0. The zero-order valence-corrected chi connectivity index (χ0v) is 32.2. The van der Waals surface area contributed by atoms with Crippen molar-refractivity contribution in [2.24, 2.45) is 11.1 Å². The Bertz CT molecular complexity index is 2070. The highest BCUT2D eigenvalue weighted by Gasteiger charge is 2.52. The molecule has 5 rings (SSSR count). The minimum absolute atomic E-state index is 0.0629. The molecule has 1 fully saturated rings. The average Bonchev–Trinajstić information content (AvgIpc) is 3.47. The first-order valence-electron chi connectivity index (χ1n) is 18.7. The number of para-hydroxylation sites is 1. The van der Waals surface area contributed by atoms with Gasteiger partial charge in [0.15, 0.2) is 5.82 Å². The van der Waals surface area contributed by atoms with Gasteiger partial charge in [0.1, 0.15) is 29.4 Å². The van der Waals surface area contributed by atoms with Gasteiger partial charge in [0, 0.05) is 24.2 Å². The number of ether oxygens (including phenoxy) is 2. The topological polar surface area (TPSA) is 246 Å². The molecule has 1 aliphatic rings. The fourth-order valence-corrected chi connectivity index (χ4v) is 6.62. The molecule has 0 saturated heterocycles. The molecule has 56 heavy (non-hydrogen) atoms. The van der Waals surface area contributed by atoms with Gasteiger partial charge in [0.05, 0.1) is 36.3 Å². The van der Waals surface area contributed by atoms with Gasteiger partial charge < -0.3 is 51.5 Å². The number of hydrogen-bond donors (Lipinski definition) is 6. The van der Waals surface area contributed by atoms with Gasteiger partial charge in [-0.25, -0.2) is 19.6 Å². The molecule has 4 aromatic rings. The molecule has 2 heterocycles. The van der Waals surface area contributed by atoms with Crippen LogP contribution >= 0.6 is 0 Å². The maximum atomic E-state index is 13.4. The number of anilines is 2. The third-order valence-corrected chi connectivity index (χ3v) is 9.69. The van der Waals surface area contributed by atoms with Gasteiger partial charge >= 0.3 is 18.1 Å². The quantitative estimate of drug-likeness (QED) is 0.0513. The summed E-state index contributed by atoms with van der Waals surface area (Å²) in [5.74, 6) is -0.956. The summed E-state index contributed by atoms with van der Waals surface area (Å²) in [6.45, 7) is 7.70. The van der Waals surface area contributed by atoms with Crippen molar-refractivity contribution in [2.75, 3.05) is 30.7 Å². The first-order valence-corrected chi connectivity index (χ1v) is 18.7. The second kappa shape index (κ2) is 17.7. The molecule has 17 heteroatoms. The van der Waals surface area contributed by atoms with Gasteiger partial charge in [-0.15, -0.1) is 0 Å². The number of pyridine rings is 1. The third-order valence-electron chi connectivity index (χ3n) is 9.69. The molecule has 0 spiro atoms. The van der Waals surface area contributed by atoms with Gasteiger partial charge in [0.25, 0.3) is 0 Å². The molecule has 1 atom stereocenters. The predicted octanol–water partition coefficient (Wildman–Crippen LogP) is 3.70. The Balaban J connectivity index is 1.24. The molecular formula is C39H51N9O8. The Kier molecular flexibility index (Phi) is 13.0. The van der Waals surface area contributed by atoms with E-state index in [0.717, 1.165) is 10.9 Å². The molecule has 2 aromatic heterocycles. The molecule has 300 valence electrons. The molecule has 17 nitrogen and oxygen atoms in total. The zero-order valence-electron chi connectivity index (χ0n) is 32.2. The summed E-state index contributed by atoms with van der Waals surface area (Å²) in [6.07, 6.45) is 1.23. The standard InChI is InChI=1S/C39H51N9O8/c1-5-47(21-29-46-30-31(48(29)23-38(3,4)54)26-11-7-8-12-27(26)44-32(30)40)37(53)56-22-24-14-16-25(17-15-24)43-33(49)28(13-9-20-42-36(41)52)45-34(50)39(18-10-19-39)35(51)55-6-2/h7-8,11-12,14-17,28,54H,5-6,9-10,13,18-23H2,1-4H3,(H2,40,44)(H,43,49)(H,45,50)(H3,41,42,52)/t28-/m0/s1. The second-order valence-electron chi connectivity index (χ2n) is 14.5. The average molecular weight is 774 g/mol. The number of fused-ring (bicyclic) bond motifs is 3. The van der Waals surface area contributed by atoms with Crippen LogP contribution < -0.4 is 27.4 Å². The largest absolute Gasteiger partial charge is 0.465 e. The van der Waals surface area contributed by atoms with Crippen molar-refractivity contribution in [2.45, 2.75) is 91.1 Å². The van der Waals surface area contributed by atoms with Gasteiger partial charge in [0.2, 0.25) is 11.8 Å². The normalized spacial score (nSPS) is 14.0. The van der Waals surface area contributed by atoms with Crippen LogP contribution in [0.2, 0.25) is 0 Å². The Morgan fingerprint density at radius 2 is 1.75 bits per heavy atom. The number of rotatable bonds is 17. The Morgan fingerprint density at radius 3 is 2.38 bits per heavy atom. The Morgan fingerprint density at radius 1 is 1.04 bits per heavy atom. The first kappa shape index (κ1) is 41.2. The number of nitrogens with two attached hydrogens (primary N) is 2. The van der Waals surface area contributed by atoms with Crippen LogP contribution in [0.5, 0.6) is 0 Å². The van der Waals surface area contributed by atoms with E-state index in [-0.39, 0.29) is 45.1 Å². The number of nitrogen functional groups attached to an aromatic ring is 1. The minimum atomic E-state index is -1.34. The number of aromatic nitrogens is 3. The number of amides is 5. The van der Waals surface area contributed by atoms with Gasteiger partial charge in [-0.2, -0.15) is 0 Å². The third kappa shape index (κ3) is 9.63. The molecule has 0 radical (unpaired) electrons. The van der Waals surface area contributed by atoms with Crippen molar-refractivity contribution in [1.82, 2.24) is 30.1 Å². The highest BCUT2D eigenvalue weighted by atomic mass is 16.6. The molecule has 0 aliphatic heterocycles. The molecule has 1 saturated carbocycles. The van der Waals surface area contributed by atoms with Crippen LogP contribution in [0.4, 0.5) is 21.1 Å². The molecule has 8 N–H and O–H groups in total. The van der Waals surface area contributed by atoms with Crippen molar-refractivity contribution in [3.63, 3.8) is 0 Å². The number of primary amides is 1. The summed E-state index contributed by atoms with van der Waals surface area (Å²) in [7, 11) is 0. The SMILES string of the molecule is CCOC(=O)C1(C(=O)N[C@@H](CCCNC(N)=O)C(=O)Nc2ccc(COC(=O)N(CC)Cc3nc4c(N)nc5ccccc5c4n3CC(C)(C)O)cc2)CCC1. The predicted molar refractivity (Wildman–Crippen MR) is 209 cm³/mol. The number of esters is 1. The van der Waals surface area contributed by atoms with E-state index in [1.165, 1.54) is 4.90 Å². The zero-order chi connectivity index (χ0) is 40.6. The van der Waals surface area contributed by atoms with Gasteiger partial charge in [-0.1, -0.05) is 36.8 Å². The van der Waals surface area contributed by atoms with Crippen molar-refractivity contribution >= 4 is 63.3 Å². The molecule has 5 amide bonds. The Hall–Kier alpha value is -5.97. The van der Waals surface area contributed by atoms with Crippen molar-refractivity contribution < 1.29 is 38.6 Å². The lowest BCUT2D eigenvalue weighted by Crippen LogP contribution is -2.56.